The van der Waals surface area contributed by atoms with Crippen molar-refractivity contribution < 1.29 is 0 Å². The van der Waals surface area contributed by atoms with Crippen LogP contribution in [0.2, 0.25) is 0 Å². The fourth-order valence-electron chi connectivity index (χ4n) is 5.17. The van der Waals surface area contributed by atoms with Gasteiger partial charge < -0.3 is 16.0 Å². The van der Waals surface area contributed by atoms with Crippen molar-refractivity contribution in [3.8, 4) is 0 Å². The molecule has 1 aromatic heterocycles. The van der Waals surface area contributed by atoms with Gasteiger partial charge in [0.2, 0.25) is 5.95 Å². The van der Waals surface area contributed by atoms with Crippen LogP contribution in [0.5, 0.6) is 0 Å². The maximum Gasteiger partial charge on any atom is 0.224 e. The predicted molar refractivity (Wildman–Crippen MR) is 93.5 cm³/mol. The minimum Gasteiger partial charge on any atom is -0.355 e. The number of fused-ring (bicyclic) bond motifs is 2. The summed E-state index contributed by atoms with van der Waals surface area (Å²) < 4.78 is 0. The number of nitrogens with two attached hydrogens (primary N) is 1. The molecule has 5 heteroatoms. The van der Waals surface area contributed by atoms with Gasteiger partial charge in [-0.2, -0.15) is 4.98 Å². The Morgan fingerprint density at radius 2 is 2.13 bits per heavy atom. The van der Waals surface area contributed by atoms with Crippen molar-refractivity contribution in [3.63, 3.8) is 0 Å². The van der Waals surface area contributed by atoms with E-state index in [0.717, 1.165) is 37.2 Å². The van der Waals surface area contributed by atoms with E-state index in [-0.39, 0.29) is 6.04 Å². The number of nitrogens with one attached hydrogen (secondary N) is 1. The second kappa shape index (κ2) is 5.07. The summed E-state index contributed by atoms with van der Waals surface area (Å²) in [6.07, 6.45) is 6.83. The van der Waals surface area contributed by atoms with E-state index in [1.807, 2.05) is 12.3 Å². The van der Waals surface area contributed by atoms with E-state index < -0.39 is 0 Å². The van der Waals surface area contributed by atoms with E-state index in [2.05, 4.69) is 36.0 Å². The molecule has 1 aromatic rings. The Hall–Kier alpha value is -1.36. The molecule has 1 aliphatic heterocycles. The van der Waals surface area contributed by atoms with Crippen LogP contribution in [0.4, 0.5) is 11.8 Å². The van der Waals surface area contributed by atoms with Crippen molar-refractivity contribution in [2.45, 2.75) is 58.5 Å². The van der Waals surface area contributed by atoms with E-state index in [4.69, 9.17) is 10.7 Å². The molecule has 23 heavy (non-hydrogen) atoms. The molecule has 3 N–H and O–H groups in total. The fraction of sp³-hybridized carbons (Fsp3) is 0.778. The van der Waals surface area contributed by atoms with Crippen molar-refractivity contribution in [1.29, 1.82) is 0 Å². The van der Waals surface area contributed by atoms with Gasteiger partial charge in [0.05, 0.1) is 0 Å². The molecule has 2 saturated carbocycles. The highest BCUT2D eigenvalue weighted by atomic mass is 15.3. The average Bonchev–Trinajstić information content (AvgIpc) is 3.09. The highest BCUT2D eigenvalue weighted by Crippen LogP contribution is 2.65. The third-order valence-corrected chi connectivity index (χ3v) is 7.29. The molecule has 126 valence electrons. The topological polar surface area (TPSA) is 67.1 Å². The lowest BCUT2D eigenvalue weighted by atomic mass is 9.69. The smallest absolute Gasteiger partial charge is 0.224 e. The van der Waals surface area contributed by atoms with Gasteiger partial charge in [-0.05, 0) is 48.5 Å². The third kappa shape index (κ3) is 2.24. The van der Waals surface area contributed by atoms with Gasteiger partial charge in [-0.1, -0.05) is 20.8 Å². The van der Waals surface area contributed by atoms with E-state index in [1.165, 1.54) is 19.3 Å². The number of aromatic nitrogens is 2. The van der Waals surface area contributed by atoms with Gasteiger partial charge in [0, 0.05) is 31.4 Å². The Morgan fingerprint density at radius 3 is 2.74 bits per heavy atom. The molecule has 4 unspecified atom stereocenters. The van der Waals surface area contributed by atoms with Gasteiger partial charge >= 0.3 is 0 Å². The monoisotopic (exact) mass is 315 g/mol. The van der Waals surface area contributed by atoms with Crippen LogP contribution in [-0.4, -0.2) is 35.1 Å². The summed E-state index contributed by atoms with van der Waals surface area (Å²) in [5.41, 5.74) is 6.77. The lowest BCUT2D eigenvalue weighted by Gasteiger charge is -2.39. The van der Waals surface area contributed by atoms with Gasteiger partial charge in [-0.25, -0.2) is 4.98 Å². The van der Waals surface area contributed by atoms with Crippen molar-refractivity contribution >= 4 is 11.8 Å². The second-order valence-corrected chi connectivity index (χ2v) is 8.54. The van der Waals surface area contributed by atoms with Crippen LogP contribution in [0, 0.1) is 16.7 Å². The van der Waals surface area contributed by atoms with Gasteiger partial charge in [0.1, 0.15) is 5.82 Å². The molecule has 2 heterocycles. The molecule has 3 fully saturated rings. The Kier molecular flexibility index (Phi) is 3.34. The summed E-state index contributed by atoms with van der Waals surface area (Å²) in [6, 6.07) is 2.74. The maximum absolute atomic E-state index is 6.02. The Bertz CT molecular complexity index is 601. The molecule has 2 bridgehead atoms. The van der Waals surface area contributed by atoms with Crippen LogP contribution in [0.25, 0.3) is 0 Å². The van der Waals surface area contributed by atoms with Gasteiger partial charge in [-0.3, -0.25) is 0 Å². The van der Waals surface area contributed by atoms with Crippen molar-refractivity contribution in [2.75, 3.05) is 23.3 Å². The van der Waals surface area contributed by atoms with E-state index in [1.54, 1.807) is 0 Å². The first-order chi connectivity index (χ1) is 10.9. The van der Waals surface area contributed by atoms with Crippen molar-refractivity contribution in [2.24, 2.45) is 22.5 Å². The first-order valence-electron chi connectivity index (χ1n) is 9.00. The fourth-order valence-corrected chi connectivity index (χ4v) is 5.17. The SMILES string of the molecule is CC1(C)C2CCC1(C)C(Nc1nccc(N3CCC(N)C3)n1)C2. The Morgan fingerprint density at radius 1 is 1.30 bits per heavy atom. The lowest BCUT2D eigenvalue weighted by molar-refractivity contribution is 0.142. The molecule has 0 aromatic carbocycles. The number of anilines is 2. The van der Waals surface area contributed by atoms with Crippen LogP contribution in [0.15, 0.2) is 12.3 Å². The van der Waals surface area contributed by atoms with Crippen molar-refractivity contribution in [1.82, 2.24) is 9.97 Å². The summed E-state index contributed by atoms with van der Waals surface area (Å²) in [4.78, 5) is 11.5. The van der Waals surface area contributed by atoms with Crippen LogP contribution >= 0.6 is 0 Å². The predicted octanol–water partition coefficient (Wildman–Crippen LogP) is 2.64. The molecular weight excluding hydrogens is 286 g/mol. The van der Waals surface area contributed by atoms with Crippen LogP contribution in [-0.2, 0) is 0 Å². The average molecular weight is 315 g/mol. The number of nitrogens with zero attached hydrogens (tertiary/aromatic N) is 3. The quantitative estimate of drug-likeness (QED) is 0.897. The van der Waals surface area contributed by atoms with Crippen LogP contribution < -0.4 is 16.0 Å². The first kappa shape index (κ1) is 15.2. The minimum absolute atomic E-state index is 0.270. The molecule has 4 rings (SSSR count). The number of rotatable bonds is 3. The highest BCUT2D eigenvalue weighted by Gasteiger charge is 2.61. The first-order valence-corrected chi connectivity index (χ1v) is 9.00. The zero-order valence-electron chi connectivity index (χ0n) is 14.5. The molecule has 2 aliphatic carbocycles. The number of hydrogen-bond acceptors (Lipinski definition) is 5. The van der Waals surface area contributed by atoms with Crippen molar-refractivity contribution in [3.05, 3.63) is 12.3 Å². The minimum atomic E-state index is 0.270. The summed E-state index contributed by atoms with van der Waals surface area (Å²) in [7, 11) is 0. The molecule has 5 nitrogen and oxygen atoms in total. The lowest BCUT2D eigenvalue weighted by Crippen LogP contribution is -2.40. The normalized spacial score (nSPS) is 38.3. The Balaban J connectivity index is 1.52. The summed E-state index contributed by atoms with van der Waals surface area (Å²) in [5, 5.41) is 3.66. The molecule has 4 atom stereocenters. The van der Waals surface area contributed by atoms with Gasteiger partial charge in [0.25, 0.3) is 0 Å². The van der Waals surface area contributed by atoms with Crippen LogP contribution in [0.3, 0.4) is 0 Å². The molecule has 1 saturated heterocycles. The van der Waals surface area contributed by atoms with E-state index >= 15 is 0 Å². The summed E-state index contributed by atoms with van der Waals surface area (Å²) in [6.45, 7) is 9.21. The molecule has 3 aliphatic rings. The number of hydrogen-bond donors (Lipinski definition) is 2. The highest BCUT2D eigenvalue weighted by molar-refractivity contribution is 5.44. The largest absolute Gasteiger partial charge is 0.355 e. The summed E-state index contributed by atoms with van der Waals surface area (Å²) in [5.74, 6) is 2.60. The standard InChI is InChI=1S/C18H29N5/c1-17(2)12-4-7-18(17,3)14(10-12)21-16-20-8-5-15(22-16)23-9-6-13(19)11-23/h5,8,12-14H,4,6-7,9-11,19H2,1-3H3,(H,20,21,22). The van der Waals surface area contributed by atoms with E-state index in [0.29, 0.717) is 16.9 Å². The van der Waals surface area contributed by atoms with E-state index in [9.17, 15) is 0 Å². The Labute approximate surface area is 139 Å². The third-order valence-electron chi connectivity index (χ3n) is 7.29. The zero-order chi connectivity index (χ0) is 16.2. The van der Waals surface area contributed by atoms with Gasteiger partial charge in [0.15, 0.2) is 0 Å². The zero-order valence-corrected chi connectivity index (χ0v) is 14.5. The molecule has 0 amide bonds. The summed E-state index contributed by atoms with van der Waals surface area (Å²) >= 11 is 0. The van der Waals surface area contributed by atoms with Gasteiger partial charge in [-0.15, -0.1) is 0 Å². The maximum atomic E-state index is 6.02. The second-order valence-electron chi connectivity index (χ2n) is 8.54. The molecular formula is C18H29N5. The molecule has 0 spiro atoms. The molecule has 0 radical (unpaired) electrons. The van der Waals surface area contributed by atoms with Crippen LogP contribution in [0.1, 0.15) is 46.5 Å².